The zero-order valence-electron chi connectivity index (χ0n) is 24.5. The first kappa shape index (κ1) is 29.8. The van der Waals surface area contributed by atoms with Crippen molar-refractivity contribution in [2.24, 2.45) is 0 Å². The molecule has 2 amide bonds. The molecule has 4 aromatic carbocycles. The van der Waals surface area contributed by atoms with Crippen molar-refractivity contribution >= 4 is 43.9 Å². The summed E-state index contributed by atoms with van der Waals surface area (Å²) in [6.07, 6.45) is 2.91. The molecule has 4 bridgehead atoms. The number of aromatic amines is 1. The summed E-state index contributed by atoms with van der Waals surface area (Å²) in [6.45, 7) is -0.0541. The van der Waals surface area contributed by atoms with Gasteiger partial charge in [0.25, 0.3) is 5.56 Å². The number of benzene rings is 4. The molecule has 3 N–H and O–H groups in total. The minimum absolute atomic E-state index is 0.0441. The number of sulfone groups is 1. The Morgan fingerprint density at radius 3 is 2.44 bits per heavy atom. The van der Waals surface area contributed by atoms with E-state index in [0.29, 0.717) is 52.7 Å². The van der Waals surface area contributed by atoms with Gasteiger partial charge in [0, 0.05) is 31.4 Å². The number of hydrogen-bond acceptors (Lipinski definition) is 7. The number of hydrogen-bond donors (Lipinski definition) is 3. The van der Waals surface area contributed by atoms with Gasteiger partial charge in [0.1, 0.15) is 6.04 Å². The SMILES string of the molecule is CN1Cc2cc(ccc2S(=O)(=O)c2ccccc2)NC(=O)CCCc2ccc(cc2)C(Nc2ccc3nc[nH]c(=O)c3c2)C1=O. The summed E-state index contributed by atoms with van der Waals surface area (Å²) in [4.78, 5) is 47.8. The van der Waals surface area contributed by atoms with Crippen LogP contribution in [0, 0.1) is 0 Å². The van der Waals surface area contributed by atoms with E-state index in [1.165, 1.54) is 29.4 Å². The van der Waals surface area contributed by atoms with Crippen molar-refractivity contribution in [1.29, 1.82) is 0 Å². The summed E-state index contributed by atoms with van der Waals surface area (Å²) in [5.41, 5.74) is 3.29. The van der Waals surface area contributed by atoms with Crippen molar-refractivity contribution in [3.05, 3.63) is 124 Å². The molecule has 0 spiro atoms. The minimum Gasteiger partial charge on any atom is -0.370 e. The zero-order valence-corrected chi connectivity index (χ0v) is 25.3. The second-order valence-electron chi connectivity index (χ2n) is 11.0. The van der Waals surface area contributed by atoms with E-state index in [1.54, 1.807) is 55.6 Å². The Morgan fingerprint density at radius 2 is 1.67 bits per heavy atom. The fraction of sp³-hybridized carbons (Fsp3) is 0.176. The van der Waals surface area contributed by atoms with E-state index in [4.69, 9.17) is 0 Å². The molecule has 7 rings (SSSR count). The molecule has 0 aliphatic carbocycles. The Hall–Kier alpha value is -5.29. The molecule has 1 aromatic heterocycles. The third kappa shape index (κ3) is 6.34. The summed E-state index contributed by atoms with van der Waals surface area (Å²) in [5, 5.41) is 6.55. The van der Waals surface area contributed by atoms with Gasteiger partial charge in [0.15, 0.2) is 0 Å². The number of amides is 2. The smallest absolute Gasteiger partial charge is 0.258 e. The van der Waals surface area contributed by atoms with Crippen LogP contribution in [0.3, 0.4) is 0 Å². The van der Waals surface area contributed by atoms with Crippen LogP contribution in [0.4, 0.5) is 11.4 Å². The van der Waals surface area contributed by atoms with Gasteiger partial charge in [-0.2, -0.15) is 0 Å². The first-order valence-corrected chi connectivity index (χ1v) is 16.0. The van der Waals surface area contributed by atoms with Crippen molar-refractivity contribution in [1.82, 2.24) is 14.9 Å². The molecule has 228 valence electrons. The number of likely N-dealkylation sites (N-methyl/N-ethyl adjacent to an activating group) is 1. The van der Waals surface area contributed by atoms with Gasteiger partial charge in [0.05, 0.1) is 27.0 Å². The Balaban J connectivity index is 1.41. The van der Waals surface area contributed by atoms with E-state index in [0.717, 1.165) is 5.56 Å². The van der Waals surface area contributed by atoms with Crippen LogP contribution >= 0.6 is 0 Å². The predicted octanol–water partition coefficient (Wildman–Crippen LogP) is 4.84. The molecule has 0 fully saturated rings. The highest BCUT2D eigenvalue weighted by molar-refractivity contribution is 7.91. The summed E-state index contributed by atoms with van der Waals surface area (Å²) in [6, 6.07) is 24.6. The minimum atomic E-state index is -3.94. The van der Waals surface area contributed by atoms with Crippen LogP contribution in [0.2, 0.25) is 0 Å². The first-order valence-electron chi connectivity index (χ1n) is 14.5. The Kier molecular flexibility index (Phi) is 8.18. The summed E-state index contributed by atoms with van der Waals surface area (Å²) >= 11 is 0. The summed E-state index contributed by atoms with van der Waals surface area (Å²) in [7, 11) is -2.33. The van der Waals surface area contributed by atoms with Crippen LogP contribution in [0.1, 0.15) is 35.6 Å². The lowest BCUT2D eigenvalue weighted by Crippen LogP contribution is -2.35. The van der Waals surface area contributed by atoms with Gasteiger partial charge in [-0.3, -0.25) is 14.4 Å². The molecule has 2 aliphatic heterocycles. The van der Waals surface area contributed by atoms with Crippen LogP contribution in [-0.2, 0) is 32.4 Å². The maximum atomic E-state index is 14.2. The van der Waals surface area contributed by atoms with E-state index < -0.39 is 15.9 Å². The van der Waals surface area contributed by atoms with Crippen LogP contribution in [0.5, 0.6) is 0 Å². The monoisotopic (exact) mass is 621 g/mol. The Morgan fingerprint density at radius 1 is 0.889 bits per heavy atom. The van der Waals surface area contributed by atoms with Gasteiger partial charge in [-0.05, 0) is 78.1 Å². The third-order valence-electron chi connectivity index (χ3n) is 7.85. The van der Waals surface area contributed by atoms with Crippen molar-refractivity contribution in [2.75, 3.05) is 17.7 Å². The maximum Gasteiger partial charge on any atom is 0.258 e. The van der Waals surface area contributed by atoms with Crippen LogP contribution in [0.25, 0.3) is 10.9 Å². The van der Waals surface area contributed by atoms with Crippen LogP contribution in [0.15, 0.2) is 112 Å². The molecule has 11 heteroatoms. The zero-order chi connectivity index (χ0) is 31.6. The van der Waals surface area contributed by atoms with Crippen molar-refractivity contribution in [3.8, 4) is 0 Å². The summed E-state index contributed by atoms with van der Waals surface area (Å²) in [5.74, 6) is -0.506. The molecule has 0 radical (unpaired) electrons. The molecular formula is C34H31N5O5S. The molecule has 45 heavy (non-hydrogen) atoms. The lowest BCUT2D eigenvalue weighted by Gasteiger charge is -2.27. The second-order valence-corrected chi connectivity index (χ2v) is 12.9. The number of aromatic nitrogens is 2. The highest BCUT2D eigenvalue weighted by Gasteiger charge is 2.28. The molecule has 0 saturated heterocycles. The number of aryl methyl sites for hydroxylation is 1. The van der Waals surface area contributed by atoms with Crippen LogP contribution < -0.4 is 16.2 Å². The predicted molar refractivity (Wildman–Crippen MR) is 172 cm³/mol. The van der Waals surface area contributed by atoms with Gasteiger partial charge < -0.3 is 20.5 Å². The first-order chi connectivity index (χ1) is 21.7. The quantitative estimate of drug-likeness (QED) is 0.261. The van der Waals surface area contributed by atoms with E-state index in [1.807, 2.05) is 24.3 Å². The number of H-pyrrole nitrogens is 1. The molecule has 5 aromatic rings. The topological polar surface area (TPSA) is 141 Å². The van der Waals surface area contributed by atoms with E-state index in [-0.39, 0.29) is 33.7 Å². The Bertz CT molecular complexity index is 2060. The molecule has 0 saturated carbocycles. The molecular weight excluding hydrogens is 590 g/mol. The third-order valence-corrected chi connectivity index (χ3v) is 9.72. The Labute approximate surface area is 260 Å². The molecule has 1 atom stereocenters. The highest BCUT2D eigenvalue weighted by atomic mass is 32.2. The van der Waals surface area contributed by atoms with Gasteiger partial charge in [0.2, 0.25) is 21.7 Å². The molecule has 3 heterocycles. The fourth-order valence-corrected chi connectivity index (χ4v) is 6.97. The van der Waals surface area contributed by atoms with Gasteiger partial charge >= 0.3 is 0 Å². The van der Waals surface area contributed by atoms with Crippen LogP contribution in [-0.4, -0.2) is 42.1 Å². The lowest BCUT2D eigenvalue weighted by atomic mass is 10.00. The second kappa shape index (κ2) is 12.4. The molecule has 2 aliphatic rings. The highest BCUT2D eigenvalue weighted by Crippen LogP contribution is 2.30. The number of rotatable bonds is 4. The lowest BCUT2D eigenvalue weighted by molar-refractivity contribution is -0.131. The molecule has 10 nitrogen and oxygen atoms in total. The van der Waals surface area contributed by atoms with Gasteiger partial charge in [-0.15, -0.1) is 0 Å². The number of nitrogens with one attached hydrogen (secondary N) is 3. The number of anilines is 2. The number of carbonyl (C=O) groups excluding carboxylic acids is 2. The average Bonchev–Trinajstić information content (AvgIpc) is 3.04. The van der Waals surface area contributed by atoms with E-state index in [9.17, 15) is 22.8 Å². The number of fused-ring (bicyclic) bond motifs is 10. The van der Waals surface area contributed by atoms with Gasteiger partial charge in [-0.25, -0.2) is 13.4 Å². The maximum absolute atomic E-state index is 14.2. The van der Waals surface area contributed by atoms with Crippen molar-refractivity contribution < 1.29 is 18.0 Å². The normalized spacial score (nSPS) is 16.0. The van der Waals surface area contributed by atoms with E-state index >= 15 is 0 Å². The summed E-state index contributed by atoms with van der Waals surface area (Å²) < 4.78 is 27.5. The van der Waals surface area contributed by atoms with Crippen molar-refractivity contribution in [2.45, 2.75) is 41.6 Å². The average molecular weight is 622 g/mol. The largest absolute Gasteiger partial charge is 0.370 e. The number of carbonyl (C=O) groups is 2. The van der Waals surface area contributed by atoms with Gasteiger partial charge in [-0.1, -0.05) is 42.5 Å². The molecule has 1 unspecified atom stereocenters. The fourth-order valence-electron chi connectivity index (χ4n) is 5.49. The number of nitrogens with zero attached hydrogens (tertiary/aromatic N) is 2. The van der Waals surface area contributed by atoms with Crippen molar-refractivity contribution in [3.63, 3.8) is 0 Å². The standard InChI is InChI=1S/C34H31N5O5S/c1-39-20-24-18-25(15-17-30(24)45(43,44)27-7-3-2-4-8-27)37-31(40)9-5-6-22-10-12-23(13-11-22)32(34(39)42)38-26-14-16-29-28(19-26)33(41)36-21-35-29/h2-4,7-8,10-19,21,32,38H,5-6,9,20H2,1H3,(H,37,40)(H,35,36,41). The van der Waals surface area contributed by atoms with E-state index in [2.05, 4.69) is 20.6 Å².